The third-order valence-electron chi connectivity index (χ3n) is 5.43. The number of nitrogens with one attached hydrogen (secondary N) is 1. The molecule has 0 atom stereocenters. The summed E-state index contributed by atoms with van der Waals surface area (Å²) in [5.74, 6) is 0.240. The zero-order chi connectivity index (χ0) is 26.5. The van der Waals surface area contributed by atoms with E-state index in [4.69, 9.17) is 44.9 Å². The van der Waals surface area contributed by atoms with Gasteiger partial charge in [0.1, 0.15) is 0 Å². The van der Waals surface area contributed by atoms with Gasteiger partial charge >= 0.3 is 0 Å². The van der Waals surface area contributed by atoms with E-state index in [0.717, 1.165) is 6.42 Å². The van der Waals surface area contributed by atoms with Crippen molar-refractivity contribution in [3.63, 3.8) is 0 Å². The van der Waals surface area contributed by atoms with Gasteiger partial charge in [0.05, 0.1) is 22.7 Å². The minimum atomic E-state index is -0.292. The van der Waals surface area contributed by atoms with Crippen LogP contribution in [-0.4, -0.2) is 29.9 Å². The molecule has 190 valence electrons. The minimum Gasteiger partial charge on any atom is -0.493 e. The number of aryl methyl sites for hydroxylation is 1. The van der Waals surface area contributed by atoms with Crippen molar-refractivity contribution in [3.05, 3.63) is 86.7 Å². The lowest BCUT2D eigenvalue weighted by Gasteiger charge is -2.16. The number of methoxy groups -OCH3 is 1. The van der Waals surface area contributed by atoms with E-state index in [-0.39, 0.29) is 18.4 Å². The number of ether oxygens (including phenoxy) is 2. The van der Waals surface area contributed by atoms with Crippen LogP contribution in [0.5, 0.6) is 11.5 Å². The summed E-state index contributed by atoms with van der Waals surface area (Å²) in [5.41, 5.74) is 3.06. The first kappa shape index (κ1) is 27.0. The van der Waals surface area contributed by atoms with E-state index < -0.39 is 0 Å². The van der Waals surface area contributed by atoms with Crippen molar-refractivity contribution in [3.8, 4) is 11.5 Å². The number of nitrogens with zero attached hydrogens (tertiary/aromatic N) is 1. The minimum absolute atomic E-state index is 0.189. The Morgan fingerprint density at radius 3 is 2.51 bits per heavy atom. The van der Waals surface area contributed by atoms with E-state index in [9.17, 15) is 9.59 Å². The predicted molar refractivity (Wildman–Crippen MR) is 155 cm³/mol. The normalized spacial score (nSPS) is 14.3. The standard InChI is InChI=1S/C27H22Cl2N2O4S2/c1-3-16-4-8-19(9-5-16)30-25(32)15-35-22-11-6-17(12-23(22)34-2)13-24-26(33)31(27(36)37-24)21-10-7-18(28)14-20(21)29/h4-14H,3,15H2,1-2H3,(H,30,32)/b24-13+. The van der Waals surface area contributed by atoms with Gasteiger partial charge in [-0.1, -0.05) is 72.3 Å². The first-order valence-electron chi connectivity index (χ1n) is 11.2. The molecule has 0 radical (unpaired) electrons. The third kappa shape index (κ3) is 6.45. The molecule has 0 saturated carbocycles. The van der Waals surface area contributed by atoms with E-state index in [2.05, 4.69) is 12.2 Å². The molecule has 2 amide bonds. The Morgan fingerprint density at radius 1 is 1.08 bits per heavy atom. The molecule has 0 aromatic heterocycles. The largest absolute Gasteiger partial charge is 0.493 e. The van der Waals surface area contributed by atoms with Gasteiger partial charge in [-0.3, -0.25) is 14.5 Å². The predicted octanol–water partition coefficient (Wildman–Crippen LogP) is 6.99. The number of rotatable bonds is 8. The van der Waals surface area contributed by atoms with Crippen molar-refractivity contribution >= 4 is 80.8 Å². The van der Waals surface area contributed by atoms with Gasteiger partial charge in [0.25, 0.3) is 11.8 Å². The van der Waals surface area contributed by atoms with Crippen LogP contribution in [0, 0.1) is 0 Å². The number of thioether (sulfide) groups is 1. The van der Waals surface area contributed by atoms with Gasteiger partial charge in [-0.05, 0) is 66.1 Å². The lowest BCUT2D eigenvalue weighted by atomic mass is 10.1. The second kappa shape index (κ2) is 12.0. The molecule has 10 heteroatoms. The van der Waals surface area contributed by atoms with Crippen molar-refractivity contribution in [1.82, 2.24) is 0 Å². The lowest BCUT2D eigenvalue weighted by molar-refractivity contribution is -0.118. The number of thiocarbonyl (C=S) groups is 1. The van der Waals surface area contributed by atoms with Gasteiger partial charge < -0.3 is 14.8 Å². The lowest BCUT2D eigenvalue weighted by Crippen LogP contribution is -2.27. The number of carbonyl (C=O) groups is 2. The second-order valence-corrected chi connectivity index (χ2v) is 10.4. The summed E-state index contributed by atoms with van der Waals surface area (Å²) in [6.45, 7) is 1.88. The van der Waals surface area contributed by atoms with Crippen molar-refractivity contribution in [1.29, 1.82) is 0 Å². The second-order valence-electron chi connectivity index (χ2n) is 7.91. The summed E-state index contributed by atoms with van der Waals surface area (Å²) in [4.78, 5) is 27.2. The number of hydrogen-bond acceptors (Lipinski definition) is 6. The first-order valence-corrected chi connectivity index (χ1v) is 13.2. The van der Waals surface area contributed by atoms with Crippen LogP contribution >= 0.6 is 47.2 Å². The SMILES string of the molecule is CCc1ccc(NC(=O)COc2ccc(/C=C3/SC(=S)N(c4ccc(Cl)cc4Cl)C3=O)cc2OC)cc1. The Hall–Kier alpha value is -3.04. The van der Waals surface area contributed by atoms with Crippen LogP contribution in [0.4, 0.5) is 11.4 Å². The Bertz CT molecular complexity index is 1390. The van der Waals surface area contributed by atoms with Crippen LogP contribution in [0.2, 0.25) is 10.0 Å². The van der Waals surface area contributed by atoms with Crippen LogP contribution < -0.4 is 19.7 Å². The molecule has 1 aliphatic heterocycles. The molecule has 37 heavy (non-hydrogen) atoms. The Balaban J connectivity index is 1.44. The van der Waals surface area contributed by atoms with Gasteiger partial charge in [0, 0.05) is 10.7 Å². The Kier molecular flexibility index (Phi) is 8.76. The molecule has 1 N–H and O–H groups in total. The highest BCUT2D eigenvalue weighted by Crippen LogP contribution is 2.40. The van der Waals surface area contributed by atoms with Crippen LogP contribution in [0.3, 0.4) is 0 Å². The average Bonchev–Trinajstić information content (AvgIpc) is 3.16. The Morgan fingerprint density at radius 2 is 1.84 bits per heavy atom. The number of halogens is 2. The van der Waals surface area contributed by atoms with E-state index in [1.807, 2.05) is 24.3 Å². The molecule has 1 heterocycles. The van der Waals surface area contributed by atoms with Gasteiger partial charge in [0.15, 0.2) is 22.4 Å². The van der Waals surface area contributed by atoms with Gasteiger partial charge in [-0.2, -0.15) is 0 Å². The third-order valence-corrected chi connectivity index (χ3v) is 7.27. The van der Waals surface area contributed by atoms with E-state index >= 15 is 0 Å². The zero-order valence-electron chi connectivity index (χ0n) is 19.9. The van der Waals surface area contributed by atoms with Crippen molar-refractivity contribution in [2.45, 2.75) is 13.3 Å². The average molecular weight is 574 g/mol. The monoisotopic (exact) mass is 572 g/mol. The van der Waals surface area contributed by atoms with E-state index in [0.29, 0.717) is 47.7 Å². The van der Waals surface area contributed by atoms with Gasteiger partial charge in [-0.15, -0.1) is 0 Å². The van der Waals surface area contributed by atoms with Crippen LogP contribution in [0.1, 0.15) is 18.1 Å². The molecule has 1 aliphatic rings. The zero-order valence-corrected chi connectivity index (χ0v) is 23.1. The maximum atomic E-state index is 13.1. The number of hydrogen-bond donors (Lipinski definition) is 1. The molecule has 1 fully saturated rings. The molecule has 0 spiro atoms. The number of benzene rings is 3. The molecule has 6 nitrogen and oxygen atoms in total. The highest BCUT2D eigenvalue weighted by Gasteiger charge is 2.34. The van der Waals surface area contributed by atoms with Crippen molar-refractivity contribution in [2.75, 3.05) is 23.9 Å². The molecule has 4 rings (SSSR count). The van der Waals surface area contributed by atoms with Gasteiger partial charge in [-0.25, -0.2) is 0 Å². The number of carbonyl (C=O) groups excluding carboxylic acids is 2. The van der Waals surface area contributed by atoms with E-state index in [1.54, 1.807) is 42.5 Å². The Labute approximate surface area is 234 Å². The highest BCUT2D eigenvalue weighted by atomic mass is 35.5. The maximum Gasteiger partial charge on any atom is 0.270 e. The summed E-state index contributed by atoms with van der Waals surface area (Å²) in [6, 6.07) is 17.7. The molecule has 3 aromatic carbocycles. The number of amides is 2. The highest BCUT2D eigenvalue weighted by molar-refractivity contribution is 8.27. The van der Waals surface area contributed by atoms with E-state index in [1.165, 1.54) is 29.3 Å². The molecule has 1 saturated heterocycles. The quantitative estimate of drug-likeness (QED) is 0.232. The summed E-state index contributed by atoms with van der Waals surface area (Å²) in [5, 5.41) is 3.60. The smallest absolute Gasteiger partial charge is 0.270 e. The van der Waals surface area contributed by atoms with Crippen molar-refractivity contribution < 1.29 is 19.1 Å². The summed E-state index contributed by atoms with van der Waals surface area (Å²) < 4.78 is 11.5. The number of anilines is 2. The maximum absolute atomic E-state index is 13.1. The summed E-state index contributed by atoms with van der Waals surface area (Å²) in [6.07, 6.45) is 2.64. The fourth-order valence-corrected chi connectivity index (χ4v) is 5.32. The topological polar surface area (TPSA) is 67.9 Å². The fourth-order valence-electron chi connectivity index (χ4n) is 3.55. The first-order chi connectivity index (χ1) is 17.8. The van der Waals surface area contributed by atoms with Crippen LogP contribution in [0.15, 0.2) is 65.6 Å². The van der Waals surface area contributed by atoms with Gasteiger partial charge in [0.2, 0.25) is 0 Å². The molecule has 0 unspecified atom stereocenters. The van der Waals surface area contributed by atoms with Crippen molar-refractivity contribution in [2.24, 2.45) is 0 Å². The molecule has 3 aromatic rings. The molecule has 0 bridgehead atoms. The summed E-state index contributed by atoms with van der Waals surface area (Å²) in [7, 11) is 1.50. The molecular weight excluding hydrogens is 551 g/mol. The fraction of sp³-hybridized carbons (Fsp3) is 0.148. The summed E-state index contributed by atoms with van der Waals surface area (Å²) >= 11 is 18.9. The van der Waals surface area contributed by atoms with Crippen LogP contribution in [-0.2, 0) is 16.0 Å². The molecule has 0 aliphatic carbocycles. The molecular formula is C27H22Cl2N2O4S2. The van der Waals surface area contributed by atoms with Crippen LogP contribution in [0.25, 0.3) is 6.08 Å².